The Labute approximate surface area is 149 Å². The summed E-state index contributed by atoms with van der Waals surface area (Å²) in [5.41, 5.74) is 0.968. The Kier molecular flexibility index (Phi) is 6.02. The van der Waals surface area contributed by atoms with Crippen LogP contribution < -0.4 is 10.6 Å². The molecule has 0 spiro atoms. The van der Waals surface area contributed by atoms with Gasteiger partial charge in [0.25, 0.3) is 0 Å². The number of hydrogen-bond acceptors (Lipinski definition) is 2. The van der Waals surface area contributed by atoms with Gasteiger partial charge in [-0.15, -0.1) is 0 Å². The van der Waals surface area contributed by atoms with Crippen LogP contribution in [0.5, 0.6) is 0 Å². The average molecular weight is 364 g/mol. The van der Waals surface area contributed by atoms with Gasteiger partial charge in [0, 0.05) is 11.4 Å². The Bertz CT molecular complexity index is 784. The van der Waals surface area contributed by atoms with Crippen molar-refractivity contribution in [2.75, 3.05) is 10.6 Å². The number of anilines is 2. The number of rotatable bonds is 5. The van der Waals surface area contributed by atoms with E-state index >= 15 is 0 Å². The monoisotopic (exact) mass is 364 g/mol. The van der Waals surface area contributed by atoms with Gasteiger partial charge in [0.15, 0.2) is 0 Å². The van der Waals surface area contributed by atoms with Gasteiger partial charge < -0.3 is 10.6 Å². The van der Waals surface area contributed by atoms with Gasteiger partial charge in [0.05, 0.1) is 5.56 Å². The van der Waals surface area contributed by atoms with Crippen molar-refractivity contribution >= 4 is 23.2 Å². The summed E-state index contributed by atoms with van der Waals surface area (Å²) in [7, 11) is 0. The van der Waals surface area contributed by atoms with E-state index in [9.17, 15) is 22.8 Å². The third-order valence-corrected chi connectivity index (χ3v) is 3.67. The first-order chi connectivity index (χ1) is 12.2. The molecule has 0 fully saturated rings. The van der Waals surface area contributed by atoms with Crippen molar-refractivity contribution in [3.63, 3.8) is 0 Å². The standard InChI is InChI=1S/C19H19F3N2O2/c1-12(2)15-5-3-4-6-16(15)24-18(26)11-17(25)23-14-9-7-13(8-10-14)19(20,21)22/h3-10,12H,11H2,1-2H3,(H,23,25)(H,24,26). The third-order valence-electron chi connectivity index (χ3n) is 3.67. The zero-order valence-corrected chi connectivity index (χ0v) is 14.4. The number of carbonyl (C=O) groups excluding carboxylic acids is 2. The number of nitrogens with one attached hydrogen (secondary N) is 2. The van der Waals surface area contributed by atoms with Crippen LogP contribution in [0.25, 0.3) is 0 Å². The van der Waals surface area contributed by atoms with Crippen molar-refractivity contribution < 1.29 is 22.8 Å². The van der Waals surface area contributed by atoms with Gasteiger partial charge in [0.1, 0.15) is 6.42 Å². The van der Waals surface area contributed by atoms with Gasteiger partial charge in [-0.2, -0.15) is 13.2 Å². The molecule has 0 atom stereocenters. The highest BCUT2D eigenvalue weighted by molar-refractivity contribution is 6.08. The lowest BCUT2D eigenvalue weighted by Crippen LogP contribution is -2.22. The Hall–Kier alpha value is -2.83. The summed E-state index contributed by atoms with van der Waals surface area (Å²) >= 11 is 0. The molecule has 0 aliphatic rings. The van der Waals surface area contributed by atoms with Crippen molar-refractivity contribution in [2.45, 2.75) is 32.4 Å². The SMILES string of the molecule is CC(C)c1ccccc1NC(=O)CC(=O)Nc1ccc(C(F)(F)F)cc1. The molecule has 0 bridgehead atoms. The van der Waals surface area contributed by atoms with Crippen LogP contribution in [0.15, 0.2) is 48.5 Å². The number of alkyl halides is 3. The minimum absolute atomic E-state index is 0.193. The first-order valence-corrected chi connectivity index (χ1v) is 8.02. The molecule has 2 rings (SSSR count). The average Bonchev–Trinajstić information content (AvgIpc) is 2.54. The molecule has 138 valence electrons. The number of halogens is 3. The molecule has 26 heavy (non-hydrogen) atoms. The maximum Gasteiger partial charge on any atom is 0.416 e. The van der Waals surface area contributed by atoms with E-state index in [1.807, 2.05) is 26.0 Å². The highest BCUT2D eigenvalue weighted by Crippen LogP contribution is 2.29. The quantitative estimate of drug-likeness (QED) is 0.749. The predicted octanol–water partition coefficient (Wildman–Crippen LogP) is 4.80. The number of benzene rings is 2. The summed E-state index contributed by atoms with van der Waals surface area (Å²) in [6, 6.07) is 11.3. The van der Waals surface area contributed by atoms with Crippen molar-refractivity contribution in [2.24, 2.45) is 0 Å². The van der Waals surface area contributed by atoms with Crippen molar-refractivity contribution in [1.82, 2.24) is 0 Å². The Morgan fingerprint density at radius 3 is 2.08 bits per heavy atom. The second kappa shape index (κ2) is 8.03. The molecular formula is C19H19F3N2O2. The Morgan fingerprint density at radius 1 is 0.923 bits per heavy atom. The van der Waals surface area contributed by atoms with Gasteiger partial charge in [-0.05, 0) is 41.8 Å². The van der Waals surface area contributed by atoms with Crippen LogP contribution in [0, 0.1) is 0 Å². The molecule has 0 aliphatic heterocycles. The van der Waals surface area contributed by atoms with E-state index in [0.29, 0.717) is 5.69 Å². The van der Waals surface area contributed by atoms with Gasteiger partial charge in [-0.3, -0.25) is 9.59 Å². The fourth-order valence-electron chi connectivity index (χ4n) is 2.40. The number of para-hydroxylation sites is 1. The second-order valence-corrected chi connectivity index (χ2v) is 6.09. The van der Waals surface area contributed by atoms with E-state index < -0.39 is 30.0 Å². The minimum atomic E-state index is -4.44. The highest BCUT2D eigenvalue weighted by Gasteiger charge is 2.30. The minimum Gasteiger partial charge on any atom is -0.326 e. The molecule has 2 aromatic rings. The number of carbonyl (C=O) groups is 2. The molecule has 2 amide bonds. The van der Waals surface area contributed by atoms with Crippen LogP contribution in [0.2, 0.25) is 0 Å². The molecule has 0 saturated heterocycles. The first kappa shape index (κ1) is 19.5. The Morgan fingerprint density at radius 2 is 1.50 bits per heavy atom. The molecule has 4 nitrogen and oxygen atoms in total. The van der Waals surface area contributed by atoms with E-state index in [-0.39, 0.29) is 11.6 Å². The van der Waals surface area contributed by atoms with E-state index in [4.69, 9.17) is 0 Å². The van der Waals surface area contributed by atoms with Gasteiger partial charge in [-0.25, -0.2) is 0 Å². The smallest absolute Gasteiger partial charge is 0.326 e. The van der Waals surface area contributed by atoms with Crippen molar-refractivity contribution in [3.8, 4) is 0 Å². The van der Waals surface area contributed by atoms with Gasteiger partial charge >= 0.3 is 6.18 Å². The third kappa shape index (κ3) is 5.34. The fourth-order valence-corrected chi connectivity index (χ4v) is 2.40. The molecule has 7 heteroatoms. The molecular weight excluding hydrogens is 345 g/mol. The molecule has 0 radical (unpaired) electrons. The lowest BCUT2D eigenvalue weighted by atomic mass is 10.0. The predicted molar refractivity (Wildman–Crippen MR) is 93.9 cm³/mol. The topological polar surface area (TPSA) is 58.2 Å². The van der Waals surface area contributed by atoms with Crippen LogP contribution >= 0.6 is 0 Å². The van der Waals surface area contributed by atoms with E-state index in [1.54, 1.807) is 12.1 Å². The summed E-state index contributed by atoms with van der Waals surface area (Å²) in [6.07, 6.45) is -4.88. The van der Waals surface area contributed by atoms with E-state index in [0.717, 1.165) is 29.8 Å². The highest BCUT2D eigenvalue weighted by atomic mass is 19.4. The summed E-state index contributed by atoms with van der Waals surface area (Å²) in [4.78, 5) is 24.0. The van der Waals surface area contributed by atoms with Crippen LogP contribution in [-0.4, -0.2) is 11.8 Å². The lowest BCUT2D eigenvalue weighted by Gasteiger charge is -2.13. The van der Waals surface area contributed by atoms with E-state index in [2.05, 4.69) is 10.6 Å². The van der Waals surface area contributed by atoms with Crippen molar-refractivity contribution in [1.29, 1.82) is 0 Å². The number of hydrogen-bond donors (Lipinski definition) is 2. The summed E-state index contributed by atoms with van der Waals surface area (Å²) in [5, 5.41) is 5.10. The largest absolute Gasteiger partial charge is 0.416 e. The first-order valence-electron chi connectivity index (χ1n) is 8.02. The van der Waals surface area contributed by atoms with Gasteiger partial charge in [-0.1, -0.05) is 32.0 Å². The molecule has 0 aliphatic carbocycles. The molecule has 0 aromatic heterocycles. The summed E-state index contributed by atoms with van der Waals surface area (Å²) in [6.45, 7) is 3.98. The zero-order chi connectivity index (χ0) is 19.3. The Balaban J connectivity index is 1.95. The van der Waals surface area contributed by atoms with Crippen molar-refractivity contribution in [3.05, 3.63) is 59.7 Å². The van der Waals surface area contributed by atoms with Crippen LogP contribution in [0.1, 0.15) is 37.3 Å². The molecule has 0 saturated carbocycles. The molecule has 0 unspecified atom stereocenters. The van der Waals surface area contributed by atoms with Gasteiger partial charge in [0.2, 0.25) is 11.8 Å². The summed E-state index contributed by atoms with van der Waals surface area (Å²) < 4.78 is 37.5. The fraction of sp³-hybridized carbons (Fsp3) is 0.263. The summed E-state index contributed by atoms with van der Waals surface area (Å²) in [5.74, 6) is -0.903. The molecule has 0 heterocycles. The van der Waals surface area contributed by atoms with E-state index in [1.165, 1.54) is 0 Å². The van der Waals surface area contributed by atoms with Crippen LogP contribution in [0.4, 0.5) is 24.5 Å². The second-order valence-electron chi connectivity index (χ2n) is 6.09. The number of amides is 2. The maximum atomic E-state index is 12.5. The maximum absolute atomic E-state index is 12.5. The lowest BCUT2D eigenvalue weighted by molar-refractivity contribution is -0.137. The van der Waals surface area contributed by atoms with Crippen LogP contribution in [0.3, 0.4) is 0 Å². The molecule has 2 aromatic carbocycles. The zero-order valence-electron chi connectivity index (χ0n) is 14.4. The normalized spacial score (nSPS) is 11.3. The molecule has 2 N–H and O–H groups in total. The van der Waals surface area contributed by atoms with Crippen LogP contribution in [-0.2, 0) is 15.8 Å².